The lowest BCUT2D eigenvalue weighted by molar-refractivity contribution is 0.230. The van der Waals surface area contributed by atoms with Crippen molar-refractivity contribution in [2.24, 2.45) is 0 Å². The van der Waals surface area contributed by atoms with E-state index in [9.17, 15) is 0 Å². The maximum atomic E-state index is 5.58. The van der Waals surface area contributed by atoms with Crippen molar-refractivity contribution in [1.29, 1.82) is 0 Å². The maximum absolute atomic E-state index is 5.58. The van der Waals surface area contributed by atoms with Crippen LogP contribution in [0, 0.1) is 0 Å². The number of hydrogen-bond acceptors (Lipinski definition) is 2. The van der Waals surface area contributed by atoms with E-state index < -0.39 is 0 Å². The molecule has 0 aliphatic carbocycles. The van der Waals surface area contributed by atoms with Crippen LogP contribution in [0.1, 0.15) is 0 Å². The van der Waals surface area contributed by atoms with Gasteiger partial charge in [0.15, 0.2) is 6.10 Å². The monoisotopic (exact) mass is 174 g/mol. The predicted octanol–water partition coefficient (Wildman–Crippen LogP) is 2.49. The minimum absolute atomic E-state index is 0.151. The van der Waals surface area contributed by atoms with Crippen molar-refractivity contribution >= 4 is 0 Å². The van der Waals surface area contributed by atoms with Crippen LogP contribution in [0.3, 0.4) is 0 Å². The second-order valence-corrected chi connectivity index (χ2v) is 2.76. The van der Waals surface area contributed by atoms with E-state index in [2.05, 4.69) is 6.58 Å². The molecule has 0 aromatic heterocycles. The molecule has 0 amide bonds. The molecule has 0 radical (unpaired) electrons. The van der Waals surface area contributed by atoms with Gasteiger partial charge in [-0.05, 0) is 18.2 Å². The van der Waals surface area contributed by atoms with Crippen LogP contribution < -0.4 is 4.74 Å². The Morgan fingerprint density at radius 2 is 2.00 bits per heavy atom. The van der Waals surface area contributed by atoms with Gasteiger partial charge in [-0.2, -0.15) is 0 Å². The molecule has 1 aromatic rings. The van der Waals surface area contributed by atoms with Crippen LogP contribution in [0.5, 0.6) is 5.75 Å². The quantitative estimate of drug-likeness (QED) is 0.685. The first-order valence-electron chi connectivity index (χ1n) is 4.10. The lowest BCUT2D eigenvalue weighted by atomic mass is 10.3. The Morgan fingerprint density at radius 3 is 2.62 bits per heavy atom. The standard InChI is InChI=1S/C11H10O2/c1-9-11(7-8-12-9)13-10-5-3-2-4-6-10/h2-8,11H,1H2. The summed E-state index contributed by atoms with van der Waals surface area (Å²) in [7, 11) is 0. The molecule has 0 saturated carbocycles. The Balaban J connectivity index is 2.06. The van der Waals surface area contributed by atoms with Gasteiger partial charge in [0.25, 0.3) is 0 Å². The fourth-order valence-corrected chi connectivity index (χ4v) is 1.12. The van der Waals surface area contributed by atoms with Crippen LogP contribution in [-0.2, 0) is 4.74 Å². The highest BCUT2D eigenvalue weighted by Crippen LogP contribution is 2.19. The molecule has 0 fully saturated rings. The number of benzene rings is 1. The minimum Gasteiger partial charge on any atom is -0.478 e. The Kier molecular flexibility index (Phi) is 2.04. The first kappa shape index (κ1) is 7.92. The molecular weight excluding hydrogens is 164 g/mol. The third kappa shape index (κ3) is 1.72. The van der Waals surface area contributed by atoms with Gasteiger partial charge in [0, 0.05) is 0 Å². The molecular formula is C11H10O2. The van der Waals surface area contributed by atoms with E-state index in [-0.39, 0.29) is 6.10 Å². The van der Waals surface area contributed by atoms with Gasteiger partial charge in [-0.25, -0.2) is 0 Å². The predicted molar refractivity (Wildman–Crippen MR) is 50.2 cm³/mol. The van der Waals surface area contributed by atoms with Crippen molar-refractivity contribution in [2.75, 3.05) is 0 Å². The lowest BCUT2D eigenvalue weighted by Crippen LogP contribution is -2.12. The van der Waals surface area contributed by atoms with Gasteiger partial charge < -0.3 is 9.47 Å². The van der Waals surface area contributed by atoms with Crippen LogP contribution in [0.15, 0.2) is 55.0 Å². The molecule has 1 aliphatic rings. The topological polar surface area (TPSA) is 18.5 Å². The number of para-hydroxylation sites is 1. The molecule has 0 spiro atoms. The van der Waals surface area contributed by atoms with Crippen LogP contribution >= 0.6 is 0 Å². The Bertz CT molecular complexity index is 327. The molecule has 1 heterocycles. The van der Waals surface area contributed by atoms with E-state index in [0.29, 0.717) is 5.76 Å². The normalized spacial score (nSPS) is 20.0. The fourth-order valence-electron chi connectivity index (χ4n) is 1.12. The molecule has 0 saturated heterocycles. The summed E-state index contributed by atoms with van der Waals surface area (Å²) in [5, 5.41) is 0. The van der Waals surface area contributed by atoms with Crippen molar-refractivity contribution in [3.63, 3.8) is 0 Å². The van der Waals surface area contributed by atoms with E-state index in [0.717, 1.165) is 5.75 Å². The summed E-state index contributed by atoms with van der Waals surface area (Å²) in [4.78, 5) is 0. The molecule has 2 heteroatoms. The second-order valence-electron chi connectivity index (χ2n) is 2.76. The number of rotatable bonds is 2. The van der Waals surface area contributed by atoms with E-state index in [4.69, 9.17) is 9.47 Å². The highest BCUT2D eigenvalue weighted by molar-refractivity contribution is 5.24. The molecule has 1 aliphatic heterocycles. The van der Waals surface area contributed by atoms with Gasteiger partial charge >= 0.3 is 0 Å². The van der Waals surface area contributed by atoms with Gasteiger partial charge in [0.05, 0.1) is 6.26 Å². The van der Waals surface area contributed by atoms with Gasteiger partial charge in [0.1, 0.15) is 11.5 Å². The highest BCUT2D eigenvalue weighted by atomic mass is 16.5. The van der Waals surface area contributed by atoms with Gasteiger partial charge in [-0.3, -0.25) is 0 Å². The Morgan fingerprint density at radius 1 is 1.23 bits per heavy atom. The van der Waals surface area contributed by atoms with Crippen molar-refractivity contribution in [1.82, 2.24) is 0 Å². The van der Waals surface area contributed by atoms with Crippen molar-refractivity contribution in [3.05, 3.63) is 55.0 Å². The van der Waals surface area contributed by atoms with E-state index in [1.807, 2.05) is 36.4 Å². The van der Waals surface area contributed by atoms with Gasteiger partial charge in [-0.15, -0.1) is 0 Å². The second kappa shape index (κ2) is 3.35. The van der Waals surface area contributed by atoms with E-state index >= 15 is 0 Å². The molecule has 1 aromatic carbocycles. The van der Waals surface area contributed by atoms with Crippen LogP contribution in [0.2, 0.25) is 0 Å². The third-order valence-electron chi connectivity index (χ3n) is 1.80. The summed E-state index contributed by atoms with van der Waals surface area (Å²) in [5.41, 5.74) is 0. The van der Waals surface area contributed by atoms with Crippen LogP contribution in [-0.4, -0.2) is 6.10 Å². The first-order valence-corrected chi connectivity index (χ1v) is 4.10. The zero-order valence-corrected chi connectivity index (χ0v) is 7.14. The Hall–Kier alpha value is -1.70. The molecule has 0 N–H and O–H groups in total. The molecule has 1 unspecified atom stereocenters. The van der Waals surface area contributed by atoms with Crippen molar-refractivity contribution < 1.29 is 9.47 Å². The summed E-state index contributed by atoms with van der Waals surface area (Å²) in [6.45, 7) is 3.72. The fraction of sp³-hybridized carbons (Fsp3) is 0.0909. The van der Waals surface area contributed by atoms with E-state index in [1.54, 1.807) is 6.26 Å². The third-order valence-corrected chi connectivity index (χ3v) is 1.80. The molecule has 2 rings (SSSR count). The zero-order chi connectivity index (χ0) is 9.10. The first-order chi connectivity index (χ1) is 6.36. The van der Waals surface area contributed by atoms with Crippen molar-refractivity contribution in [3.8, 4) is 5.75 Å². The summed E-state index contributed by atoms with van der Waals surface area (Å²) < 4.78 is 10.6. The maximum Gasteiger partial charge on any atom is 0.177 e. The average Bonchev–Trinajstić information content (AvgIpc) is 2.54. The number of ether oxygens (including phenoxy) is 2. The average molecular weight is 174 g/mol. The molecule has 66 valence electrons. The molecule has 2 nitrogen and oxygen atoms in total. The van der Waals surface area contributed by atoms with Crippen LogP contribution in [0.4, 0.5) is 0 Å². The summed E-state index contributed by atoms with van der Waals surface area (Å²) in [5.74, 6) is 1.45. The molecule has 13 heavy (non-hydrogen) atoms. The lowest BCUT2D eigenvalue weighted by Gasteiger charge is -2.11. The number of hydrogen-bond donors (Lipinski definition) is 0. The SMILES string of the molecule is C=C1OC=CC1Oc1ccccc1. The minimum atomic E-state index is -0.151. The smallest absolute Gasteiger partial charge is 0.177 e. The van der Waals surface area contributed by atoms with Crippen LogP contribution in [0.25, 0.3) is 0 Å². The van der Waals surface area contributed by atoms with E-state index in [1.165, 1.54) is 0 Å². The summed E-state index contributed by atoms with van der Waals surface area (Å²) in [6.07, 6.45) is 3.27. The van der Waals surface area contributed by atoms with Crippen molar-refractivity contribution in [2.45, 2.75) is 6.10 Å². The van der Waals surface area contributed by atoms with Gasteiger partial charge in [0.2, 0.25) is 0 Å². The largest absolute Gasteiger partial charge is 0.478 e. The summed E-state index contributed by atoms with van der Waals surface area (Å²) in [6, 6.07) is 9.61. The Labute approximate surface area is 77.1 Å². The van der Waals surface area contributed by atoms with Gasteiger partial charge in [-0.1, -0.05) is 24.8 Å². The zero-order valence-electron chi connectivity index (χ0n) is 7.14. The highest BCUT2D eigenvalue weighted by Gasteiger charge is 2.16. The molecule has 0 bridgehead atoms. The summed E-state index contributed by atoms with van der Waals surface area (Å²) >= 11 is 0. The molecule has 1 atom stereocenters.